The quantitative estimate of drug-likeness (QED) is 0.786. The molecular formula is C16H16O4S2. The number of carbonyl (C=O) groups excluding carboxylic acids is 1. The Morgan fingerprint density at radius 2 is 1.68 bits per heavy atom. The molecule has 0 aliphatic rings. The predicted molar refractivity (Wildman–Crippen MR) is 87.5 cm³/mol. The molecule has 0 saturated carbocycles. The Morgan fingerprint density at radius 1 is 1.09 bits per heavy atom. The van der Waals surface area contributed by atoms with E-state index >= 15 is 0 Å². The fourth-order valence-corrected chi connectivity index (χ4v) is 3.15. The molecule has 0 fully saturated rings. The summed E-state index contributed by atoms with van der Waals surface area (Å²) < 4.78 is 22.4. The Balaban J connectivity index is 2.05. The van der Waals surface area contributed by atoms with Crippen molar-refractivity contribution in [3.8, 4) is 0 Å². The molecule has 0 aromatic heterocycles. The van der Waals surface area contributed by atoms with Gasteiger partial charge in [0, 0.05) is 11.2 Å². The third kappa shape index (κ3) is 4.13. The summed E-state index contributed by atoms with van der Waals surface area (Å²) in [6.45, 7) is 2.05. The molecule has 0 N–H and O–H groups in total. The van der Waals surface area contributed by atoms with Crippen molar-refractivity contribution in [2.24, 2.45) is 0 Å². The maximum atomic E-state index is 12.4. The van der Waals surface area contributed by atoms with E-state index in [2.05, 4.69) is 4.74 Å². The van der Waals surface area contributed by atoms with Crippen molar-refractivity contribution in [1.29, 1.82) is 0 Å². The lowest BCUT2D eigenvalue weighted by atomic mass is 10.1. The zero-order valence-electron chi connectivity index (χ0n) is 12.3. The Morgan fingerprint density at radius 3 is 2.23 bits per heavy atom. The van der Waals surface area contributed by atoms with E-state index in [1.54, 1.807) is 36.4 Å². The van der Waals surface area contributed by atoms with Gasteiger partial charge in [0.05, 0.1) is 24.2 Å². The maximum absolute atomic E-state index is 12.4. The van der Waals surface area contributed by atoms with Crippen molar-refractivity contribution >= 4 is 25.9 Å². The zero-order valence-corrected chi connectivity index (χ0v) is 13.9. The van der Waals surface area contributed by atoms with Gasteiger partial charge in [-0.1, -0.05) is 29.8 Å². The van der Waals surface area contributed by atoms with Gasteiger partial charge in [-0.3, -0.25) is 4.18 Å². The summed E-state index contributed by atoms with van der Waals surface area (Å²) >= 11 is 5.07. The number of methoxy groups -OCH3 is 1. The highest BCUT2D eigenvalue weighted by molar-refractivity contribution is 8.30. The molecule has 6 heteroatoms. The second kappa shape index (κ2) is 7.00. The first-order valence-electron chi connectivity index (χ1n) is 6.56. The Bertz CT molecular complexity index is 748. The van der Waals surface area contributed by atoms with Gasteiger partial charge in [0.1, 0.15) is 0 Å². The molecule has 2 aromatic carbocycles. The fraction of sp³-hybridized carbons (Fsp3) is 0.188. The highest BCUT2D eigenvalue weighted by Crippen LogP contribution is 2.16. The molecule has 0 aliphatic carbocycles. The van der Waals surface area contributed by atoms with Gasteiger partial charge in [0.15, 0.2) is 8.77 Å². The minimum absolute atomic E-state index is 0.109. The summed E-state index contributed by atoms with van der Waals surface area (Å²) in [5.41, 5.74) is 2.29. The second-order valence-corrected chi connectivity index (χ2v) is 7.65. The number of hydrogen-bond acceptors (Lipinski definition) is 5. The van der Waals surface area contributed by atoms with Crippen LogP contribution < -0.4 is 0 Å². The summed E-state index contributed by atoms with van der Waals surface area (Å²) in [7, 11) is -1.64. The molecule has 0 bridgehead atoms. The molecule has 116 valence electrons. The van der Waals surface area contributed by atoms with Gasteiger partial charge in [0.2, 0.25) is 0 Å². The first kappa shape index (κ1) is 16.6. The molecule has 0 amide bonds. The molecule has 0 spiro atoms. The Kier molecular flexibility index (Phi) is 5.28. The van der Waals surface area contributed by atoms with Gasteiger partial charge < -0.3 is 4.74 Å². The van der Waals surface area contributed by atoms with E-state index in [1.165, 1.54) is 7.11 Å². The highest BCUT2D eigenvalue weighted by Gasteiger charge is 2.11. The van der Waals surface area contributed by atoms with E-state index in [0.29, 0.717) is 10.5 Å². The van der Waals surface area contributed by atoms with Crippen LogP contribution in [0.3, 0.4) is 0 Å². The van der Waals surface area contributed by atoms with Crippen LogP contribution in [-0.2, 0) is 35.5 Å². The smallest absolute Gasteiger partial charge is 0.337 e. The zero-order chi connectivity index (χ0) is 16.2. The normalized spacial score (nSPS) is 13.4. The first-order valence-corrected chi connectivity index (χ1v) is 8.96. The summed E-state index contributed by atoms with van der Waals surface area (Å²) in [5.74, 6) is -0.404. The fourth-order valence-electron chi connectivity index (χ4n) is 1.77. The van der Waals surface area contributed by atoms with Crippen LogP contribution in [0.5, 0.6) is 0 Å². The lowest BCUT2D eigenvalue weighted by Crippen LogP contribution is -2.06. The lowest BCUT2D eigenvalue weighted by molar-refractivity contribution is 0.0600. The molecule has 1 unspecified atom stereocenters. The largest absolute Gasteiger partial charge is 0.465 e. The third-order valence-electron chi connectivity index (χ3n) is 3.07. The maximum Gasteiger partial charge on any atom is 0.337 e. The molecule has 0 aliphatic heterocycles. The van der Waals surface area contributed by atoms with Crippen molar-refractivity contribution in [3.63, 3.8) is 0 Å². The van der Waals surface area contributed by atoms with E-state index in [1.807, 2.05) is 19.1 Å². The lowest BCUT2D eigenvalue weighted by Gasteiger charge is -2.09. The number of esters is 1. The highest BCUT2D eigenvalue weighted by atomic mass is 32.8. The number of rotatable bonds is 5. The minimum atomic E-state index is -2.96. The van der Waals surface area contributed by atoms with Crippen LogP contribution in [0.1, 0.15) is 21.5 Å². The standard InChI is InChI=1S/C16H16O4S2/c1-12-3-9-15(10-4-12)22(18,21)20-11-13-5-7-14(8-6-13)16(17)19-2/h3-10H,11H2,1-2H3. The Labute approximate surface area is 134 Å². The van der Waals surface area contributed by atoms with Crippen LogP contribution in [0.2, 0.25) is 0 Å². The van der Waals surface area contributed by atoms with Crippen LogP contribution in [-0.4, -0.2) is 17.3 Å². The molecule has 2 aromatic rings. The van der Waals surface area contributed by atoms with Gasteiger partial charge >= 0.3 is 5.97 Å². The van der Waals surface area contributed by atoms with E-state index in [0.717, 1.165) is 11.1 Å². The topological polar surface area (TPSA) is 52.6 Å². The van der Waals surface area contributed by atoms with Crippen LogP contribution in [0.4, 0.5) is 0 Å². The summed E-state index contributed by atoms with van der Waals surface area (Å²) in [5, 5.41) is 0. The van der Waals surface area contributed by atoms with Gasteiger partial charge in [-0.25, -0.2) is 9.00 Å². The monoisotopic (exact) mass is 336 g/mol. The van der Waals surface area contributed by atoms with E-state index < -0.39 is 14.7 Å². The number of aryl methyl sites for hydroxylation is 1. The number of benzene rings is 2. The average molecular weight is 336 g/mol. The van der Waals surface area contributed by atoms with E-state index in [-0.39, 0.29) is 6.61 Å². The van der Waals surface area contributed by atoms with Crippen molar-refractivity contribution in [1.82, 2.24) is 0 Å². The van der Waals surface area contributed by atoms with E-state index in [4.69, 9.17) is 15.4 Å². The van der Waals surface area contributed by atoms with Crippen molar-refractivity contribution in [2.45, 2.75) is 18.4 Å². The van der Waals surface area contributed by atoms with E-state index in [9.17, 15) is 9.00 Å². The van der Waals surface area contributed by atoms with Crippen LogP contribution in [0.25, 0.3) is 0 Å². The SMILES string of the molecule is COC(=O)c1ccc(COS(=O)(=S)c2ccc(C)cc2)cc1. The third-order valence-corrected chi connectivity index (χ3v) is 5.21. The van der Waals surface area contributed by atoms with Crippen LogP contribution in [0, 0.1) is 6.92 Å². The van der Waals surface area contributed by atoms with Crippen molar-refractivity contribution in [3.05, 3.63) is 65.2 Å². The molecule has 4 nitrogen and oxygen atoms in total. The molecule has 0 saturated heterocycles. The van der Waals surface area contributed by atoms with Gasteiger partial charge in [-0.2, -0.15) is 0 Å². The van der Waals surface area contributed by atoms with Crippen LogP contribution in [0.15, 0.2) is 53.4 Å². The van der Waals surface area contributed by atoms with Crippen molar-refractivity contribution < 1.29 is 17.9 Å². The number of carbonyl (C=O) groups is 1. The van der Waals surface area contributed by atoms with Gasteiger partial charge in [0.25, 0.3) is 0 Å². The second-order valence-electron chi connectivity index (χ2n) is 4.72. The molecule has 0 radical (unpaired) electrons. The minimum Gasteiger partial charge on any atom is -0.465 e. The summed E-state index contributed by atoms with van der Waals surface area (Å²) in [6.07, 6.45) is 0. The molecule has 0 heterocycles. The predicted octanol–water partition coefficient (Wildman–Crippen LogP) is 3.02. The van der Waals surface area contributed by atoms with Crippen LogP contribution >= 0.6 is 0 Å². The molecule has 1 atom stereocenters. The molecular weight excluding hydrogens is 320 g/mol. The Hall–Kier alpha value is -1.76. The van der Waals surface area contributed by atoms with Gasteiger partial charge in [-0.15, -0.1) is 0 Å². The number of ether oxygens (including phenoxy) is 1. The first-order chi connectivity index (χ1) is 10.4. The van der Waals surface area contributed by atoms with Gasteiger partial charge in [-0.05, 0) is 36.8 Å². The number of hydrogen-bond donors (Lipinski definition) is 0. The van der Waals surface area contributed by atoms with Crippen molar-refractivity contribution in [2.75, 3.05) is 7.11 Å². The summed E-state index contributed by atoms with van der Waals surface area (Å²) in [6, 6.07) is 13.8. The molecule has 2 rings (SSSR count). The molecule has 22 heavy (non-hydrogen) atoms. The summed E-state index contributed by atoms with van der Waals surface area (Å²) in [4.78, 5) is 11.8. The average Bonchev–Trinajstić information content (AvgIpc) is 2.53.